The highest BCUT2D eigenvalue weighted by atomic mass is 79.9. The number of hydrogen-bond acceptors (Lipinski definition) is 5. The van der Waals surface area contributed by atoms with Crippen molar-refractivity contribution in [3.05, 3.63) is 55.8 Å². The molecule has 0 radical (unpaired) electrons. The monoisotopic (exact) mass is 356 g/mol. The van der Waals surface area contributed by atoms with E-state index < -0.39 is 10.8 Å². The Morgan fingerprint density at radius 2 is 2.15 bits per heavy atom. The molecule has 1 aromatic carbocycles. The van der Waals surface area contributed by atoms with E-state index in [9.17, 15) is 14.9 Å². The summed E-state index contributed by atoms with van der Waals surface area (Å²) in [5, 5.41) is 13.4. The van der Waals surface area contributed by atoms with Gasteiger partial charge in [-0.05, 0) is 28.1 Å². The quantitative estimate of drug-likeness (QED) is 0.517. The van der Waals surface area contributed by atoms with E-state index in [1.54, 1.807) is 0 Å². The van der Waals surface area contributed by atoms with E-state index in [2.05, 4.69) is 31.2 Å². The third-order valence-electron chi connectivity index (χ3n) is 2.27. The van der Waals surface area contributed by atoms with Crippen molar-refractivity contribution in [2.24, 2.45) is 0 Å². The van der Waals surface area contributed by atoms with Crippen molar-refractivity contribution in [2.45, 2.75) is 0 Å². The minimum absolute atomic E-state index is 0.0147. The Kier molecular flexibility index (Phi) is 4.26. The normalized spacial score (nSPS) is 10.1. The molecular weight excluding hydrogens is 352 g/mol. The molecule has 0 fully saturated rings. The zero-order valence-corrected chi connectivity index (χ0v) is 12.1. The fourth-order valence-electron chi connectivity index (χ4n) is 1.40. The number of nitrogens with zero attached hydrogens (tertiary/aromatic N) is 3. The Bertz CT molecular complexity index is 695. The molecule has 0 bridgehead atoms. The summed E-state index contributed by atoms with van der Waals surface area (Å²) in [5.74, 6) is -0.566. The lowest BCUT2D eigenvalue weighted by molar-refractivity contribution is -0.385. The minimum atomic E-state index is -0.587. The van der Waals surface area contributed by atoms with Crippen LogP contribution in [0.15, 0.2) is 34.9 Å². The number of hydrogen-bond donors (Lipinski definition) is 1. The van der Waals surface area contributed by atoms with Crippen molar-refractivity contribution in [3.63, 3.8) is 0 Å². The number of rotatable bonds is 3. The van der Waals surface area contributed by atoms with Gasteiger partial charge in [-0.1, -0.05) is 17.7 Å². The van der Waals surface area contributed by atoms with E-state index >= 15 is 0 Å². The van der Waals surface area contributed by atoms with Gasteiger partial charge < -0.3 is 0 Å². The largest absolute Gasteiger partial charge is 0.290 e. The van der Waals surface area contributed by atoms with Crippen molar-refractivity contribution in [1.29, 1.82) is 0 Å². The van der Waals surface area contributed by atoms with Crippen LogP contribution in [0.4, 0.5) is 11.6 Å². The number of nitro benzene ring substituents is 1. The topological polar surface area (TPSA) is 98.0 Å². The molecule has 0 aliphatic carbocycles. The summed E-state index contributed by atoms with van der Waals surface area (Å²) in [6.07, 6.45) is 1.38. The Morgan fingerprint density at radius 3 is 2.80 bits per heavy atom. The molecular formula is C11H6BrClN4O3. The number of benzene rings is 1. The molecule has 0 spiro atoms. The predicted molar refractivity (Wildman–Crippen MR) is 75.8 cm³/mol. The zero-order chi connectivity index (χ0) is 14.7. The number of amides is 1. The Balaban J connectivity index is 2.30. The van der Waals surface area contributed by atoms with Crippen molar-refractivity contribution < 1.29 is 9.72 Å². The van der Waals surface area contributed by atoms with E-state index in [4.69, 9.17) is 11.6 Å². The molecule has 7 nitrogen and oxygen atoms in total. The first-order valence-electron chi connectivity index (χ1n) is 5.22. The molecule has 9 heteroatoms. The molecule has 102 valence electrons. The minimum Gasteiger partial charge on any atom is -0.290 e. The average Bonchev–Trinajstić information content (AvgIpc) is 2.38. The molecule has 20 heavy (non-hydrogen) atoms. The standard InChI is InChI=1S/C11H6BrClN4O3/c12-9-6(2-1-3-7(9)17(19)20)10(18)16-11-14-5-4-8(13)15-11/h1-5H,(H,14,15,16,18). The van der Waals surface area contributed by atoms with Crippen molar-refractivity contribution in [1.82, 2.24) is 9.97 Å². The van der Waals surface area contributed by atoms with Gasteiger partial charge in [0.15, 0.2) is 0 Å². The van der Waals surface area contributed by atoms with Gasteiger partial charge >= 0.3 is 0 Å². The van der Waals surface area contributed by atoms with Gasteiger partial charge in [-0.15, -0.1) is 0 Å². The van der Waals surface area contributed by atoms with Crippen LogP contribution in [0.3, 0.4) is 0 Å². The number of nitro groups is 1. The summed E-state index contributed by atoms with van der Waals surface area (Å²) in [4.78, 5) is 29.9. The number of aromatic nitrogens is 2. The third-order valence-corrected chi connectivity index (χ3v) is 3.31. The fourth-order valence-corrected chi connectivity index (χ4v) is 2.13. The Morgan fingerprint density at radius 1 is 1.40 bits per heavy atom. The smallest absolute Gasteiger partial charge is 0.284 e. The first kappa shape index (κ1) is 14.4. The van der Waals surface area contributed by atoms with Gasteiger partial charge in [0.25, 0.3) is 11.6 Å². The van der Waals surface area contributed by atoms with Crippen LogP contribution >= 0.6 is 27.5 Å². The fraction of sp³-hybridized carbons (Fsp3) is 0. The van der Waals surface area contributed by atoms with E-state index in [-0.39, 0.29) is 26.8 Å². The van der Waals surface area contributed by atoms with Gasteiger partial charge in [0, 0.05) is 12.3 Å². The molecule has 1 aromatic heterocycles. The molecule has 0 unspecified atom stereocenters. The summed E-state index contributed by atoms with van der Waals surface area (Å²) >= 11 is 8.71. The molecule has 2 rings (SSSR count). The summed E-state index contributed by atoms with van der Waals surface area (Å²) in [6, 6.07) is 5.60. The summed E-state index contributed by atoms with van der Waals surface area (Å²) in [7, 11) is 0. The van der Waals surface area contributed by atoms with Gasteiger partial charge in [0.05, 0.1) is 10.5 Å². The first-order valence-corrected chi connectivity index (χ1v) is 6.39. The van der Waals surface area contributed by atoms with E-state index in [0.717, 1.165) is 0 Å². The maximum atomic E-state index is 12.0. The van der Waals surface area contributed by atoms with Gasteiger partial charge in [0.1, 0.15) is 9.63 Å². The summed E-state index contributed by atoms with van der Waals surface area (Å²) < 4.78 is 0.0875. The summed E-state index contributed by atoms with van der Waals surface area (Å²) in [6.45, 7) is 0. The second-order valence-electron chi connectivity index (χ2n) is 3.55. The Labute approximate surface area is 126 Å². The molecule has 0 saturated heterocycles. The molecule has 0 aliphatic rings. The highest BCUT2D eigenvalue weighted by Crippen LogP contribution is 2.28. The van der Waals surface area contributed by atoms with E-state index in [1.165, 1.54) is 30.5 Å². The number of carbonyl (C=O) groups excluding carboxylic acids is 1. The highest BCUT2D eigenvalue weighted by molar-refractivity contribution is 9.10. The maximum Gasteiger partial charge on any atom is 0.284 e. The molecule has 1 heterocycles. The van der Waals surface area contributed by atoms with Gasteiger partial charge in [-0.3, -0.25) is 20.2 Å². The SMILES string of the molecule is O=C(Nc1nccc(Cl)n1)c1cccc([N+](=O)[O-])c1Br. The molecule has 2 aromatic rings. The lowest BCUT2D eigenvalue weighted by Gasteiger charge is -2.05. The van der Waals surface area contributed by atoms with Gasteiger partial charge in [-0.2, -0.15) is 0 Å². The van der Waals surface area contributed by atoms with Crippen LogP contribution in [-0.4, -0.2) is 20.8 Å². The van der Waals surface area contributed by atoms with Crippen molar-refractivity contribution in [2.75, 3.05) is 5.32 Å². The number of anilines is 1. The number of carbonyl (C=O) groups is 1. The molecule has 1 amide bonds. The van der Waals surface area contributed by atoms with Crippen LogP contribution in [0.2, 0.25) is 5.15 Å². The second-order valence-corrected chi connectivity index (χ2v) is 4.73. The number of nitrogens with one attached hydrogen (secondary N) is 1. The molecule has 0 saturated carbocycles. The van der Waals surface area contributed by atoms with Crippen LogP contribution < -0.4 is 5.32 Å². The summed E-state index contributed by atoms with van der Waals surface area (Å²) in [5.41, 5.74) is -0.104. The second kappa shape index (κ2) is 5.93. The predicted octanol–water partition coefficient (Wildman–Crippen LogP) is 3.05. The van der Waals surface area contributed by atoms with E-state index in [0.29, 0.717) is 0 Å². The molecule has 1 N–H and O–H groups in total. The van der Waals surface area contributed by atoms with Gasteiger partial charge in [-0.25, -0.2) is 9.97 Å². The van der Waals surface area contributed by atoms with Crippen LogP contribution in [0, 0.1) is 10.1 Å². The lowest BCUT2D eigenvalue weighted by Crippen LogP contribution is -2.15. The number of halogens is 2. The lowest BCUT2D eigenvalue weighted by atomic mass is 10.2. The average molecular weight is 358 g/mol. The van der Waals surface area contributed by atoms with Crippen LogP contribution in [-0.2, 0) is 0 Å². The van der Waals surface area contributed by atoms with Crippen LogP contribution in [0.1, 0.15) is 10.4 Å². The van der Waals surface area contributed by atoms with Crippen LogP contribution in [0.5, 0.6) is 0 Å². The molecule has 0 atom stereocenters. The van der Waals surface area contributed by atoms with E-state index in [1.807, 2.05) is 0 Å². The molecule has 0 aliphatic heterocycles. The Hall–Kier alpha value is -2.06. The zero-order valence-electron chi connectivity index (χ0n) is 9.71. The third kappa shape index (κ3) is 3.09. The highest BCUT2D eigenvalue weighted by Gasteiger charge is 2.20. The maximum absolute atomic E-state index is 12.0. The van der Waals surface area contributed by atoms with Gasteiger partial charge in [0.2, 0.25) is 5.95 Å². The van der Waals surface area contributed by atoms with Crippen molar-refractivity contribution in [3.8, 4) is 0 Å². The first-order chi connectivity index (χ1) is 9.49. The van der Waals surface area contributed by atoms with Crippen LogP contribution in [0.25, 0.3) is 0 Å². The van der Waals surface area contributed by atoms with Crippen molar-refractivity contribution >= 4 is 45.1 Å².